The fraction of sp³-hybridized carbons (Fsp3) is 0.462. The topological polar surface area (TPSA) is 46.3 Å². The maximum atomic E-state index is 12.0. The molecule has 1 aliphatic heterocycles. The molecule has 0 radical (unpaired) electrons. The van der Waals surface area contributed by atoms with Crippen molar-refractivity contribution < 1.29 is 4.79 Å². The highest BCUT2D eigenvalue weighted by atomic mass is 16.2. The second-order valence-corrected chi connectivity index (χ2v) is 4.53. The van der Waals surface area contributed by atoms with E-state index in [9.17, 15) is 4.79 Å². The van der Waals surface area contributed by atoms with Crippen LogP contribution in [0.2, 0.25) is 0 Å². The molecule has 2 atom stereocenters. The third-order valence-electron chi connectivity index (χ3n) is 3.20. The Kier molecular flexibility index (Phi) is 2.97. The van der Waals surface area contributed by atoms with Crippen LogP contribution in [-0.4, -0.2) is 18.5 Å². The van der Waals surface area contributed by atoms with Crippen molar-refractivity contribution in [3.63, 3.8) is 0 Å². The summed E-state index contributed by atoms with van der Waals surface area (Å²) in [4.78, 5) is 13.8. The highest BCUT2D eigenvalue weighted by Gasteiger charge is 2.27. The van der Waals surface area contributed by atoms with Gasteiger partial charge in [-0.25, -0.2) is 0 Å². The van der Waals surface area contributed by atoms with Crippen LogP contribution in [-0.2, 0) is 4.79 Å². The summed E-state index contributed by atoms with van der Waals surface area (Å²) in [6.45, 7) is 4.72. The monoisotopic (exact) mass is 218 g/mol. The molecule has 0 bridgehead atoms. The van der Waals surface area contributed by atoms with E-state index in [1.807, 2.05) is 23.1 Å². The number of anilines is 1. The number of nitrogens with two attached hydrogens (primary N) is 1. The Morgan fingerprint density at radius 2 is 2.19 bits per heavy atom. The minimum Gasteiger partial charge on any atom is -0.320 e. The standard InChI is InChI=1S/C13H18N2O/c1-9-7-8-15(13(16)10(2)14)12-6-4-3-5-11(9)12/h3-6,9-10H,7-8,14H2,1-2H3/t9?,10-/m0/s1. The van der Waals surface area contributed by atoms with Gasteiger partial charge in [-0.05, 0) is 30.9 Å². The normalized spacial score (nSPS) is 21.4. The van der Waals surface area contributed by atoms with Crippen LogP contribution in [0.15, 0.2) is 24.3 Å². The highest BCUT2D eigenvalue weighted by molar-refractivity contribution is 5.97. The first-order valence-corrected chi connectivity index (χ1v) is 5.77. The van der Waals surface area contributed by atoms with Gasteiger partial charge in [0.25, 0.3) is 0 Å². The van der Waals surface area contributed by atoms with Crippen LogP contribution in [0, 0.1) is 0 Å². The molecule has 1 amide bonds. The van der Waals surface area contributed by atoms with E-state index in [4.69, 9.17) is 5.73 Å². The van der Waals surface area contributed by atoms with Gasteiger partial charge in [0.05, 0.1) is 6.04 Å². The Labute approximate surface area is 96.2 Å². The van der Waals surface area contributed by atoms with Crippen molar-refractivity contribution in [3.8, 4) is 0 Å². The van der Waals surface area contributed by atoms with Crippen LogP contribution < -0.4 is 10.6 Å². The quantitative estimate of drug-likeness (QED) is 0.782. The number of rotatable bonds is 1. The Morgan fingerprint density at radius 3 is 2.88 bits per heavy atom. The molecule has 3 heteroatoms. The lowest BCUT2D eigenvalue weighted by Crippen LogP contribution is -2.44. The summed E-state index contributed by atoms with van der Waals surface area (Å²) in [6, 6.07) is 7.67. The van der Waals surface area contributed by atoms with Crippen molar-refractivity contribution in [2.24, 2.45) is 5.73 Å². The number of benzene rings is 1. The van der Waals surface area contributed by atoms with Crippen LogP contribution in [0.5, 0.6) is 0 Å². The maximum absolute atomic E-state index is 12.0. The third kappa shape index (κ3) is 1.83. The molecule has 3 nitrogen and oxygen atoms in total. The third-order valence-corrected chi connectivity index (χ3v) is 3.20. The Bertz CT molecular complexity index is 401. The molecule has 0 fully saturated rings. The molecule has 2 rings (SSSR count). The molecule has 2 N–H and O–H groups in total. The van der Waals surface area contributed by atoms with Crippen molar-refractivity contribution in [3.05, 3.63) is 29.8 Å². The summed E-state index contributed by atoms with van der Waals surface area (Å²) in [6.07, 6.45) is 1.01. The predicted octanol–water partition coefficient (Wildman–Crippen LogP) is 1.87. The Hall–Kier alpha value is -1.35. The van der Waals surface area contributed by atoms with E-state index in [1.54, 1.807) is 6.92 Å². The zero-order valence-electron chi connectivity index (χ0n) is 9.81. The minimum atomic E-state index is -0.429. The fourth-order valence-corrected chi connectivity index (χ4v) is 2.22. The van der Waals surface area contributed by atoms with E-state index in [-0.39, 0.29) is 5.91 Å². The number of nitrogens with zero attached hydrogens (tertiary/aromatic N) is 1. The summed E-state index contributed by atoms with van der Waals surface area (Å²) in [5.41, 5.74) is 7.95. The first-order valence-electron chi connectivity index (χ1n) is 5.77. The van der Waals surface area contributed by atoms with Crippen LogP contribution in [0.1, 0.15) is 31.7 Å². The molecule has 86 valence electrons. The lowest BCUT2D eigenvalue weighted by molar-refractivity contribution is -0.119. The number of hydrogen-bond donors (Lipinski definition) is 1. The largest absolute Gasteiger partial charge is 0.320 e. The van der Waals surface area contributed by atoms with Gasteiger partial charge < -0.3 is 10.6 Å². The molecule has 0 saturated heterocycles. The molecule has 1 unspecified atom stereocenters. The number of amides is 1. The molecule has 0 aromatic heterocycles. The number of carbonyl (C=O) groups is 1. The number of hydrogen-bond acceptors (Lipinski definition) is 2. The van der Waals surface area contributed by atoms with Crippen LogP contribution in [0.4, 0.5) is 5.69 Å². The molecular formula is C13H18N2O. The fourth-order valence-electron chi connectivity index (χ4n) is 2.22. The summed E-state index contributed by atoms with van der Waals surface area (Å²) in [7, 11) is 0. The zero-order valence-corrected chi connectivity index (χ0v) is 9.81. The zero-order chi connectivity index (χ0) is 11.7. The minimum absolute atomic E-state index is 0.0133. The smallest absolute Gasteiger partial charge is 0.243 e. The van der Waals surface area contributed by atoms with Crippen molar-refractivity contribution in [2.45, 2.75) is 32.2 Å². The second-order valence-electron chi connectivity index (χ2n) is 4.53. The Morgan fingerprint density at radius 1 is 1.50 bits per heavy atom. The first-order chi connectivity index (χ1) is 7.61. The average Bonchev–Trinajstić information content (AvgIpc) is 2.29. The van der Waals surface area contributed by atoms with E-state index in [1.165, 1.54) is 5.56 Å². The summed E-state index contributed by atoms with van der Waals surface area (Å²) in [5, 5.41) is 0. The van der Waals surface area contributed by atoms with Crippen molar-refractivity contribution in [1.29, 1.82) is 0 Å². The van der Waals surface area contributed by atoms with Gasteiger partial charge in [-0.15, -0.1) is 0 Å². The van der Waals surface area contributed by atoms with Gasteiger partial charge in [0.1, 0.15) is 0 Å². The van der Waals surface area contributed by atoms with E-state index in [0.717, 1.165) is 18.7 Å². The molecular weight excluding hydrogens is 200 g/mol. The molecule has 0 spiro atoms. The lowest BCUT2D eigenvalue weighted by Gasteiger charge is -2.33. The lowest BCUT2D eigenvalue weighted by atomic mass is 9.91. The second kappa shape index (κ2) is 4.26. The predicted molar refractivity (Wildman–Crippen MR) is 65.5 cm³/mol. The summed E-state index contributed by atoms with van der Waals surface area (Å²) in [5.74, 6) is 0.535. The van der Waals surface area contributed by atoms with Gasteiger partial charge in [0.15, 0.2) is 0 Å². The number of carbonyl (C=O) groups excluding carboxylic acids is 1. The molecule has 1 aromatic carbocycles. The SMILES string of the molecule is CC1CCN(C(=O)[C@H](C)N)c2ccccc21. The van der Waals surface area contributed by atoms with Crippen molar-refractivity contribution >= 4 is 11.6 Å². The van der Waals surface area contributed by atoms with E-state index >= 15 is 0 Å². The van der Waals surface area contributed by atoms with Gasteiger partial charge in [0, 0.05) is 12.2 Å². The molecule has 0 aliphatic carbocycles. The van der Waals surface area contributed by atoms with Gasteiger partial charge in [0.2, 0.25) is 5.91 Å². The van der Waals surface area contributed by atoms with Crippen LogP contribution in [0.3, 0.4) is 0 Å². The first kappa shape index (κ1) is 11.1. The van der Waals surface area contributed by atoms with Crippen molar-refractivity contribution in [2.75, 3.05) is 11.4 Å². The van der Waals surface area contributed by atoms with Crippen LogP contribution in [0.25, 0.3) is 0 Å². The van der Waals surface area contributed by atoms with E-state index < -0.39 is 6.04 Å². The van der Waals surface area contributed by atoms with Crippen LogP contribution >= 0.6 is 0 Å². The maximum Gasteiger partial charge on any atom is 0.243 e. The molecule has 1 aromatic rings. The van der Waals surface area contributed by atoms with Gasteiger partial charge in [-0.2, -0.15) is 0 Å². The van der Waals surface area contributed by atoms with Crippen molar-refractivity contribution in [1.82, 2.24) is 0 Å². The van der Waals surface area contributed by atoms with Gasteiger partial charge >= 0.3 is 0 Å². The van der Waals surface area contributed by atoms with Gasteiger partial charge in [-0.3, -0.25) is 4.79 Å². The number of fused-ring (bicyclic) bond motifs is 1. The number of para-hydroxylation sites is 1. The average molecular weight is 218 g/mol. The summed E-state index contributed by atoms with van der Waals surface area (Å²) >= 11 is 0. The molecule has 0 saturated carbocycles. The molecule has 16 heavy (non-hydrogen) atoms. The molecule has 1 aliphatic rings. The summed E-state index contributed by atoms with van der Waals surface area (Å²) < 4.78 is 0. The Balaban J connectivity index is 2.38. The highest BCUT2D eigenvalue weighted by Crippen LogP contribution is 2.34. The van der Waals surface area contributed by atoms with Gasteiger partial charge in [-0.1, -0.05) is 25.1 Å². The van der Waals surface area contributed by atoms with E-state index in [2.05, 4.69) is 13.0 Å². The van der Waals surface area contributed by atoms with E-state index in [0.29, 0.717) is 5.92 Å². The molecule has 1 heterocycles.